The molecule has 2 heteroatoms. The van der Waals surface area contributed by atoms with Crippen molar-refractivity contribution in [2.75, 3.05) is 0 Å². The molecule has 66 valence electrons. The number of thiophene rings is 1. The Morgan fingerprint density at radius 2 is 2.00 bits per heavy atom. The third kappa shape index (κ3) is 1.62. The van der Waals surface area contributed by atoms with Crippen molar-refractivity contribution in [3.8, 4) is 10.4 Å². The number of hydrogen-bond acceptors (Lipinski definition) is 1. The second-order valence-electron chi connectivity index (χ2n) is 2.91. The summed E-state index contributed by atoms with van der Waals surface area (Å²) in [6.07, 6.45) is 0. The van der Waals surface area contributed by atoms with Gasteiger partial charge in [-0.2, -0.15) is 0 Å². The van der Waals surface area contributed by atoms with Crippen molar-refractivity contribution in [3.63, 3.8) is 0 Å². The minimum absolute atomic E-state index is 0.866. The van der Waals surface area contributed by atoms with E-state index in [1.165, 1.54) is 4.88 Å². The fourth-order valence-electron chi connectivity index (χ4n) is 1.27. The van der Waals surface area contributed by atoms with Crippen LogP contribution in [0, 0.1) is 6.92 Å². The number of rotatable bonds is 1. The molecule has 2 rings (SSSR count). The van der Waals surface area contributed by atoms with E-state index in [1.54, 1.807) is 11.3 Å². The molecule has 0 saturated heterocycles. The van der Waals surface area contributed by atoms with E-state index >= 15 is 0 Å². The number of aryl methyl sites for hydroxylation is 1. The van der Waals surface area contributed by atoms with Crippen molar-refractivity contribution in [1.29, 1.82) is 0 Å². The lowest BCUT2D eigenvalue weighted by molar-refractivity contribution is 1.48. The van der Waals surface area contributed by atoms with Crippen molar-refractivity contribution in [1.82, 2.24) is 0 Å². The Kier molecular flexibility index (Phi) is 2.38. The molecule has 0 N–H and O–H groups in total. The van der Waals surface area contributed by atoms with E-state index in [9.17, 15) is 0 Å². The lowest BCUT2D eigenvalue weighted by Crippen LogP contribution is -1.78. The van der Waals surface area contributed by atoms with Crippen LogP contribution in [0.2, 0.25) is 5.02 Å². The molecule has 1 aromatic carbocycles. The average Bonchev–Trinajstić information content (AvgIpc) is 2.62. The lowest BCUT2D eigenvalue weighted by atomic mass is 10.1. The molecule has 0 aliphatic rings. The summed E-state index contributed by atoms with van der Waals surface area (Å²) in [4.78, 5) is 1.23. The Morgan fingerprint density at radius 3 is 2.69 bits per heavy atom. The molecular weight excluding hydrogens is 200 g/mol. The minimum atomic E-state index is 0.866. The van der Waals surface area contributed by atoms with E-state index < -0.39 is 0 Å². The molecule has 0 nitrogen and oxygen atoms in total. The summed E-state index contributed by atoms with van der Waals surface area (Å²) >= 11 is 7.91. The van der Waals surface area contributed by atoms with Crippen molar-refractivity contribution < 1.29 is 0 Å². The topological polar surface area (TPSA) is 0 Å². The molecule has 13 heavy (non-hydrogen) atoms. The number of benzene rings is 1. The van der Waals surface area contributed by atoms with Crippen LogP contribution in [-0.2, 0) is 0 Å². The van der Waals surface area contributed by atoms with Gasteiger partial charge < -0.3 is 0 Å². The molecule has 0 saturated carbocycles. The number of halogens is 1. The third-order valence-corrected chi connectivity index (χ3v) is 3.38. The Labute approximate surface area is 86.8 Å². The fourth-order valence-corrected chi connectivity index (χ4v) is 2.31. The van der Waals surface area contributed by atoms with E-state index in [2.05, 4.69) is 17.5 Å². The van der Waals surface area contributed by atoms with Crippen LogP contribution in [0.4, 0.5) is 0 Å². The van der Waals surface area contributed by atoms with E-state index in [4.69, 9.17) is 11.6 Å². The maximum atomic E-state index is 6.19. The van der Waals surface area contributed by atoms with E-state index in [-0.39, 0.29) is 0 Å². The van der Waals surface area contributed by atoms with Gasteiger partial charge in [0.15, 0.2) is 0 Å². The second-order valence-corrected chi connectivity index (χ2v) is 4.24. The standard InChI is InChI=1S/C11H9ClS/c1-8-4-2-5-9(11(8)12)10-6-3-7-13-10/h2-7H,1H3. The van der Waals surface area contributed by atoms with Crippen LogP contribution in [0.15, 0.2) is 35.7 Å². The van der Waals surface area contributed by atoms with Crippen LogP contribution < -0.4 is 0 Å². The summed E-state index contributed by atoms with van der Waals surface area (Å²) in [7, 11) is 0. The molecule has 0 aliphatic carbocycles. The first-order chi connectivity index (χ1) is 6.29. The quantitative estimate of drug-likeness (QED) is 0.653. The van der Waals surface area contributed by atoms with Crippen LogP contribution in [0.5, 0.6) is 0 Å². The first kappa shape index (κ1) is 8.79. The summed E-state index contributed by atoms with van der Waals surface area (Å²) in [6, 6.07) is 10.3. The predicted molar refractivity (Wildman–Crippen MR) is 59.5 cm³/mol. The van der Waals surface area contributed by atoms with Gasteiger partial charge in [0.2, 0.25) is 0 Å². The Hall–Kier alpha value is -0.790. The monoisotopic (exact) mass is 208 g/mol. The molecule has 0 fully saturated rings. The van der Waals surface area contributed by atoms with E-state index in [0.717, 1.165) is 16.1 Å². The maximum absolute atomic E-state index is 6.19. The fraction of sp³-hybridized carbons (Fsp3) is 0.0909. The molecular formula is C11H9ClS. The van der Waals surface area contributed by atoms with Crippen LogP contribution in [0.25, 0.3) is 10.4 Å². The lowest BCUT2D eigenvalue weighted by Gasteiger charge is -2.03. The third-order valence-electron chi connectivity index (χ3n) is 1.98. The largest absolute Gasteiger partial charge is 0.144 e. The molecule has 0 bridgehead atoms. The van der Waals surface area contributed by atoms with Crippen molar-refractivity contribution in [2.45, 2.75) is 6.92 Å². The summed E-state index contributed by atoms with van der Waals surface area (Å²) in [5, 5.41) is 2.93. The molecule has 0 radical (unpaired) electrons. The van der Waals surface area contributed by atoms with Crippen molar-refractivity contribution in [2.24, 2.45) is 0 Å². The van der Waals surface area contributed by atoms with Crippen molar-refractivity contribution >= 4 is 22.9 Å². The van der Waals surface area contributed by atoms with Gasteiger partial charge in [-0.25, -0.2) is 0 Å². The average molecular weight is 209 g/mol. The van der Waals surface area contributed by atoms with Gasteiger partial charge >= 0.3 is 0 Å². The summed E-state index contributed by atoms with van der Waals surface area (Å²) in [5.74, 6) is 0. The molecule has 0 atom stereocenters. The summed E-state index contributed by atoms with van der Waals surface area (Å²) in [5.41, 5.74) is 2.27. The van der Waals surface area contributed by atoms with Gasteiger partial charge in [0, 0.05) is 10.4 Å². The highest BCUT2D eigenvalue weighted by Gasteiger charge is 2.05. The van der Waals surface area contributed by atoms with Crippen LogP contribution in [0.3, 0.4) is 0 Å². The van der Waals surface area contributed by atoms with Crippen LogP contribution in [-0.4, -0.2) is 0 Å². The Bertz CT molecular complexity index is 404. The zero-order valence-electron chi connectivity index (χ0n) is 7.25. The predicted octanol–water partition coefficient (Wildman–Crippen LogP) is 4.38. The molecule has 0 aliphatic heterocycles. The highest BCUT2D eigenvalue weighted by molar-refractivity contribution is 7.13. The molecule has 0 amide bonds. The smallest absolute Gasteiger partial charge is 0.0521 e. The SMILES string of the molecule is Cc1cccc(-c2cccs2)c1Cl. The first-order valence-corrected chi connectivity index (χ1v) is 5.34. The summed E-state index contributed by atoms with van der Waals surface area (Å²) < 4.78 is 0. The first-order valence-electron chi connectivity index (χ1n) is 4.08. The number of hydrogen-bond donors (Lipinski definition) is 0. The van der Waals surface area contributed by atoms with Gasteiger partial charge in [-0.1, -0.05) is 35.9 Å². The molecule has 1 heterocycles. The van der Waals surface area contributed by atoms with Crippen LogP contribution in [0.1, 0.15) is 5.56 Å². The zero-order valence-corrected chi connectivity index (χ0v) is 8.82. The van der Waals surface area contributed by atoms with Gasteiger partial charge in [-0.3, -0.25) is 0 Å². The van der Waals surface area contributed by atoms with Gasteiger partial charge in [0.1, 0.15) is 0 Å². The molecule has 0 unspecified atom stereocenters. The highest BCUT2D eigenvalue weighted by atomic mass is 35.5. The Morgan fingerprint density at radius 1 is 1.15 bits per heavy atom. The van der Waals surface area contributed by atoms with E-state index in [1.807, 2.05) is 25.1 Å². The normalized spacial score (nSPS) is 10.3. The second kappa shape index (κ2) is 3.52. The minimum Gasteiger partial charge on any atom is -0.144 e. The van der Waals surface area contributed by atoms with Crippen LogP contribution >= 0.6 is 22.9 Å². The molecule has 0 spiro atoms. The van der Waals surface area contributed by atoms with Gasteiger partial charge in [0.05, 0.1) is 5.02 Å². The van der Waals surface area contributed by atoms with Gasteiger partial charge in [-0.15, -0.1) is 11.3 Å². The molecule has 2 aromatic rings. The Balaban J connectivity index is 2.59. The van der Waals surface area contributed by atoms with Gasteiger partial charge in [-0.05, 0) is 23.9 Å². The van der Waals surface area contributed by atoms with E-state index in [0.29, 0.717) is 0 Å². The van der Waals surface area contributed by atoms with Gasteiger partial charge in [0.25, 0.3) is 0 Å². The summed E-state index contributed by atoms with van der Waals surface area (Å²) in [6.45, 7) is 2.03. The molecule has 1 aromatic heterocycles. The van der Waals surface area contributed by atoms with Crippen molar-refractivity contribution in [3.05, 3.63) is 46.3 Å². The zero-order chi connectivity index (χ0) is 9.26. The maximum Gasteiger partial charge on any atom is 0.0521 e. The highest BCUT2D eigenvalue weighted by Crippen LogP contribution is 2.32.